The molecule has 1 heterocycles. The van der Waals surface area contributed by atoms with Crippen LogP contribution in [0.5, 0.6) is 0 Å². The molecule has 1 aromatic rings. The summed E-state index contributed by atoms with van der Waals surface area (Å²) in [6.07, 6.45) is 2.29. The summed E-state index contributed by atoms with van der Waals surface area (Å²) in [6, 6.07) is 6.23. The normalized spacial score (nSPS) is 14.0. The van der Waals surface area contributed by atoms with Crippen LogP contribution in [0.4, 0.5) is 10.5 Å². The summed E-state index contributed by atoms with van der Waals surface area (Å²) in [4.78, 5) is 23.8. The summed E-state index contributed by atoms with van der Waals surface area (Å²) >= 11 is 0. The standard InChI is InChI=1S/C15H19N3O4/c1-2-22-15(21)18-9-7-13(8-10-18)17-16-12-5-3-11(4-6-12)14(19)20/h3-7,16-17H,2,8-10H2,1H3,(H,19,20)/p-1. The van der Waals surface area contributed by atoms with Gasteiger partial charge in [-0.3, -0.25) is 0 Å². The molecule has 1 aliphatic heterocycles. The van der Waals surface area contributed by atoms with E-state index in [1.165, 1.54) is 12.1 Å². The van der Waals surface area contributed by atoms with E-state index in [4.69, 9.17) is 4.74 Å². The highest BCUT2D eigenvalue weighted by molar-refractivity contribution is 5.86. The van der Waals surface area contributed by atoms with Crippen molar-refractivity contribution in [1.29, 1.82) is 0 Å². The minimum atomic E-state index is -1.20. The Morgan fingerprint density at radius 2 is 2.00 bits per heavy atom. The Morgan fingerprint density at radius 1 is 1.27 bits per heavy atom. The van der Waals surface area contributed by atoms with E-state index in [0.717, 1.165) is 11.4 Å². The van der Waals surface area contributed by atoms with Gasteiger partial charge in [-0.05, 0) is 30.7 Å². The van der Waals surface area contributed by atoms with Gasteiger partial charge in [0.25, 0.3) is 0 Å². The number of hydrogen-bond acceptors (Lipinski definition) is 6. The lowest BCUT2D eigenvalue weighted by atomic mass is 10.2. The van der Waals surface area contributed by atoms with Gasteiger partial charge >= 0.3 is 6.09 Å². The van der Waals surface area contributed by atoms with Crippen LogP contribution in [0.1, 0.15) is 23.7 Å². The summed E-state index contributed by atoms with van der Waals surface area (Å²) in [5, 5.41) is 10.7. The second-order valence-electron chi connectivity index (χ2n) is 4.74. The first kappa shape index (κ1) is 15.7. The Morgan fingerprint density at radius 3 is 2.55 bits per heavy atom. The van der Waals surface area contributed by atoms with E-state index in [1.807, 2.05) is 6.08 Å². The first-order chi connectivity index (χ1) is 10.6. The van der Waals surface area contributed by atoms with Crippen molar-refractivity contribution in [2.45, 2.75) is 13.3 Å². The Kier molecular flexibility index (Phi) is 5.24. The molecule has 2 rings (SSSR count). The number of hydrogen-bond donors (Lipinski definition) is 2. The van der Waals surface area contributed by atoms with Crippen LogP contribution >= 0.6 is 0 Å². The maximum absolute atomic E-state index is 11.6. The van der Waals surface area contributed by atoms with Crippen molar-refractivity contribution in [1.82, 2.24) is 10.3 Å². The number of carboxylic acid groups (broad SMARTS) is 1. The first-order valence-electron chi connectivity index (χ1n) is 7.04. The molecule has 118 valence electrons. The Bertz CT molecular complexity index is 569. The monoisotopic (exact) mass is 304 g/mol. The van der Waals surface area contributed by atoms with Crippen molar-refractivity contribution >= 4 is 17.7 Å². The maximum atomic E-state index is 11.6. The average Bonchev–Trinajstić information content (AvgIpc) is 2.54. The zero-order chi connectivity index (χ0) is 15.9. The maximum Gasteiger partial charge on any atom is 0.410 e. The molecule has 0 saturated heterocycles. The van der Waals surface area contributed by atoms with E-state index in [-0.39, 0.29) is 11.7 Å². The minimum Gasteiger partial charge on any atom is -0.545 e. The number of hydrazine groups is 1. The van der Waals surface area contributed by atoms with Gasteiger partial charge in [0, 0.05) is 25.2 Å². The number of benzene rings is 1. The Labute approximate surface area is 128 Å². The molecular formula is C15H18N3O4-. The molecule has 1 aliphatic rings. The Hall–Kier alpha value is -2.70. The predicted molar refractivity (Wildman–Crippen MR) is 78.8 cm³/mol. The molecule has 0 radical (unpaired) electrons. The van der Waals surface area contributed by atoms with Crippen molar-refractivity contribution in [2.75, 3.05) is 25.1 Å². The lowest BCUT2D eigenvalue weighted by Gasteiger charge is -2.26. The number of amides is 1. The van der Waals surface area contributed by atoms with E-state index in [9.17, 15) is 14.7 Å². The second kappa shape index (κ2) is 7.35. The summed E-state index contributed by atoms with van der Waals surface area (Å²) in [7, 11) is 0. The number of anilines is 1. The molecule has 22 heavy (non-hydrogen) atoms. The van der Waals surface area contributed by atoms with Crippen LogP contribution in [0, 0.1) is 0 Å². The van der Waals surface area contributed by atoms with Crippen molar-refractivity contribution in [3.8, 4) is 0 Å². The molecule has 1 aromatic carbocycles. The summed E-state index contributed by atoms with van der Waals surface area (Å²) in [5.41, 5.74) is 7.86. The lowest BCUT2D eigenvalue weighted by molar-refractivity contribution is -0.255. The van der Waals surface area contributed by atoms with Gasteiger partial charge in [0.15, 0.2) is 0 Å². The molecule has 0 aliphatic carbocycles. The minimum absolute atomic E-state index is 0.132. The average molecular weight is 304 g/mol. The third-order valence-corrected chi connectivity index (χ3v) is 3.22. The van der Waals surface area contributed by atoms with Gasteiger partial charge in [-0.25, -0.2) is 4.79 Å². The number of carbonyl (C=O) groups is 2. The van der Waals surface area contributed by atoms with Crippen molar-refractivity contribution < 1.29 is 19.4 Å². The molecule has 2 N–H and O–H groups in total. The van der Waals surface area contributed by atoms with E-state index < -0.39 is 5.97 Å². The molecule has 7 heteroatoms. The molecule has 0 atom stereocenters. The van der Waals surface area contributed by atoms with Crippen LogP contribution < -0.4 is 16.0 Å². The fraction of sp³-hybridized carbons (Fsp3) is 0.333. The number of nitrogens with one attached hydrogen (secondary N) is 2. The number of nitrogens with zero attached hydrogens (tertiary/aromatic N) is 1. The highest BCUT2D eigenvalue weighted by atomic mass is 16.6. The number of rotatable bonds is 5. The highest BCUT2D eigenvalue weighted by Crippen LogP contribution is 2.12. The summed E-state index contributed by atoms with van der Waals surface area (Å²) < 4.78 is 4.95. The van der Waals surface area contributed by atoms with Crippen LogP contribution in [0.15, 0.2) is 36.0 Å². The van der Waals surface area contributed by atoms with Crippen molar-refractivity contribution in [2.24, 2.45) is 0 Å². The zero-order valence-electron chi connectivity index (χ0n) is 12.3. The van der Waals surface area contributed by atoms with E-state index >= 15 is 0 Å². The first-order valence-corrected chi connectivity index (χ1v) is 7.04. The molecule has 0 unspecified atom stereocenters. The molecule has 0 fully saturated rings. The van der Waals surface area contributed by atoms with Gasteiger partial charge in [-0.1, -0.05) is 12.1 Å². The van der Waals surface area contributed by atoms with Gasteiger partial charge < -0.3 is 30.4 Å². The second-order valence-corrected chi connectivity index (χ2v) is 4.74. The molecule has 0 saturated carbocycles. The predicted octanol–water partition coefficient (Wildman–Crippen LogP) is 0.713. The highest BCUT2D eigenvalue weighted by Gasteiger charge is 2.17. The SMILES string of the molecule is CCOC(=O)N1CC=C(NNc2ccc(C(=O)[O-])cc2)CC1. The fourth-order valence-electron chi connectivity index (χ4n) is 2.01. The van der Waals surface area contributed by atoms with E-state index in [1.54, 1.807) is 24.0 Å². The summed E-state index contributed by atoms with van der Waals surface area (Å²) in [6.45, 7) is 3.23. The van der Waals surface area contributed by atoms with Gasteiger partial charge in [0.05, 0.1) is 18.3 Å². The molecule has 0 bridgehead atoms. The lowest BCUT2D eigenvalue weighted by Crippen LogP contribution is -2.38. The van der Waals surface area contributed by atoms with E-state index in [0.29, 0.717) is 26.1 Å². The number of carboxylic acids is 1. The van der Waals surface area contributed by atoms with Crippen LogP contribution in [-0.4, -0.2) is 36.7 Å². The van der Waals surface area contributed by atoms with Gasteiger partial charge in [-0.15, -0.1) is 0 Å². The number of ether oxygens (including phenoxy) is 1. The van der Waals surface area contributed by atoms with Crippen LogP contribution in [0.2, 0.25) is 0 Å². The van der Waals surface area contributed by atoms with Gasteiger partial charge in [0.2, 0.25) is 0 Å². The smallest absolute Gasteiger partial charge is 0.410 e. The van der Waals surface area contributed by atoms with E-state index in [2.05, 4.69) is 10.9 Å². The third-order valence-electron chi connectivity index (χ3n) is 3.22. The summed E-state index contributed by atoms with van der Waals surface area (Å²) in [5.74, 6) is -1.20. The topological polar surface area (TPSA) is 93.7 Å². The zero-order valence-corrected chi connectivity index (χ0v) is 12.3. The largest absolute Gasteiger partial charge is 0.545 e. The number of aromatic carboxylic acids is 1. The molecule has 0 spiro atoms. The molecule has 0 aromatic heterocycles. The number of carbonyl (C=O) groups excluding carboxylic acids is 2. The molecule has 1 amide bonds. The van der Waals surface area contributed by atoms with Crippen LogP contribution in [0.3, 0.4) is 0 Å². The van der Waals surface area contributed by atoms with Crippen molar-refractivity contribution in [3.63, 3.8) is 0 Å². The van der Waals surface area contributed by atoms with Crippen molar-refractivity contribution in [3.05, 3.63) is 41.6 Å². The fourth-order valence-corrected chi connectivity index (χ4v) is 2.01. The quantitative estimate of drug-likeness (QED) is 0.778. The third kappa shape index (κ3) is 4.15. The molecular weight excluding hydrogens is 286 g/mol. The van der Waals surface area contributed by atoms with Gasteiger partial charge in [-0.2, -0.15) is 0 Å². The van der Waals surface area contributed by atoms with Gasteiger partial charge in [0.1, 0.15) is 0 Å². The van der Waals surface area contributed by atoms with Crippen LogP contribution in [-0.2, 0) is 4.74 Å². The van der Waals surface area contributed by atoms with Crippen LogP contribution in [0.25, 0.3) is 0 Å². The molecule has 7 nitrogen and oxygen atoms in total. The Balaban J connectivity index is 1.82.